The predicted octanol–water partition coefficient (Wildman–Crippen LogP) is 2.11. The lowest BCUT2D eigenvalue weighted by atomic mass is 9.93. The third-order valence-electron chi connectivity index (χ3n) is 6.57. The van der Waals surface area contributed by atoms with E-state index in [9.17, 15) is 9.90 Å². The van der Waals surface area contributed by atoms with Crippen LogP contribution >= 0.6 is 0 Å². The molecule has 1 saturated carbocycles. The van der Waals surface area contributed by atoms with Gasteiger partial charge in [0.05, 0.1) is 23.7 Å². The Labute approximate surface area is 177 Å². The second-order valence-electron chi connectivity index (χ2n) is 8.59. The molecule has 5 heterocycles. The summed E-state index contributed by atoms with van der Waals surface area (Å²) in [6.45, 7) is 2.70. The van der Waals surface area contributed by atoms with Gasteiger partial charge in [-0.05, 0) is 57.1 Å². The van der Waals surface area contributed by atoms with Crippen molar-refractivity contribution in [2.75, 3.05) is 5.32 Å². The first kappa shape index (κ1) is 18.5. The average Bonchev–Trinajstić information content (AvgIpc) is 3.32. The molecule has 10 heteroatoms. The molecule has 4 aromatic heterocycles. The van der Waals surface area contributed by atoms with Gasteiger partial charge in [-0.25, -0.2) is 19.3 Å². The van der Waals surface area contributed by atoms with Gasteiger partial charge in [0.25, 0.3) is 0 Å². The fourth-order valence-electron chi connectivity index (χ4n) is 4.95. The highest BCUT2D eigenvalue weighted by Gasteiger charge is 2.29. The van der Waals surface area contributed by atoms with E-state index in [1.165, 1.54) is 6.33 Å². The van der Waals surface area contributed by atoms with Gasteiger partial charge in [-0.1, -0.05) is 0 Å². The molecule has 0 radical (unpaired) electrons. The van der Waals surface area contributed by atoms with Crippen molar-refractivity contribution in [2.24, 2.45) is 0 Å². The first-order valence-corrected chi connectivity index (χ1v) is 10.8. The van der Waals surface area contributed by atoms with Crippen LogP contribution in [0.3, 0.4) is 0 Å². The van der Waals surface area contributed by atoms with E-state index in [4.69, 9.17) is 9.97 Å². The minimum atomic E-state index is -0.270. The Bertz CT molecular complexity index is 1360. The topological polar surface area (TPSA) is 115 Å². The fourth-order valence-corrected chi connectivity index (χ4v) is 4.95. The lowest BCUT2D eigenvalue weighted by Gasteiger charge is -2.26. The van der Waals surface area contributed by atoms with Crippen molar-refractivity contribution in [1.29, 1.82) is 0 Å². The fraction of sp³-hybridized carbons (Fsp3) is 0.476. The molecule has 0 atom stereocenters. The molecule has 10 nitrogen and oxygen atoms in total. The standard InChI is InChI=1S/C21H24N8O2/c1-12-9-17-22-11-23-28(17)10-16(12)25-20-24-15-3-2-8-27-18(15)19(26-20)29(21(27)31)13-4-6-14(30)7-5-13/h9-11,13-14,30H,2-8H2,1H3,(H,24,25,26). The molecule has 0 bridgehead atoms. The van der Waals surface area contributed by atoms with Crippen LogP contribution in [0.25, 0.3) is 16.8 Å². The summed E-state index contributed by atoms with van der Waals surface area (Å²) in [5.41, 5.74) is 5.08. The normalized spacial score (nSPS) is 21.1. The number of nitrogens with one attached hydrogen (secondary N) is 1. The van der Waals surface area contributed by atoms with E-state index in [2.05, 4.69) is 15.4 Å². The maximum absolute atomic E-state index is 13.3. The molecule has 6 rings (SSSR count). The van der Waals surface area contributed by atoms with Crippen molar-refractivity contribution >= 4 is 28.4 Å². The number of fused-ring (bicyclic) bond motifs is 1. The largest absolute Gasteiger partial charge is 0.393 e. The Morgan fingerprint density at radius 1 is 1.19 bits per heavy atom. The molecule has 1 fully saturated rings. The van der Waals surface area contributed by atoms with Crippen molar-refractivity contribution in [1.82, 2.24) is 33.7 Å². The van der Waals surface area contributed by atoms with Gasteiger partial charge < -0.3 is 10.4 Å². The average molecular weight is 420 g/mol. The Morgan fingerprint density at radius 3 is 2.87 bits per heavy atom. The van der Waals surface area contributed by atoms with E-state index in [1.54, 1.807) is 4.52 Å². The number of aromatic nitrogens is 7. The number of aliphatic hydroxyl groups excluding tert-OH is 1. The zero-order valence-corrected chi connectivity index (χ0v) is 17.3. The number of pyridine rings is 1. The third-order valence-corrected chi connectivity index (χ3v) is 6.57. The van der Waals surface area contributed by atoms with Crippen molar-refractivity contribution in [3.63, 3.8) is 0 Å². The van der Waals surface area contributed by atoms with Gasteiger partial charge in [0, 0.05) is 12.6 Å². The van der Waals surface area contributed by atoms with Crippen LogP contribution in [0, 0.1) is 6.92 Å². The zero-order valence-electron chi connectivity index (χ0n) is 17.3. The summed E-state index contributed by atoms with van der Waals surface area (Å²) in [4.78, 5) is 27.1. The van der Waals surface area contributed by atoms with Gasteiger partial charge in [0.2, 0.25) is 5.95 Å². The van der Waals surface area contributed by atoms with Crippen LogP contribution in [0.2, 0.25) is 0 Å². The number of aryl methyl sites for hydroxylation is 3. The van der Waals surface area contributed by atoms with Crippen LogP contribution in [-0.4, -0.2) is 44.9 Å². The van der Waals surface area contributed by atoms with Crippen LogP contribution < -0.4 is 11.0 Å². The molecular formula is C21H24N8O2. The maximum atomic E-state index is 13.3. The van der Waals surface area contributed by atoms with Crippen LogP contribution in [0.5, 0.6) is 0 Å². The number of nitrogens with zero attached hydrogens (tertiary/aromatic N) is 7. The molecule has 0 aromatic carbocycles. The molecule has 0 amide bonds. The Hall–Kier alpha value is -3.27. The number of hydrogen-bond acceptors (Lipinski definition) is 7. The second-order valence-corrected chi connectivity index (χ2v) is 8.59. The van der Waals surface area contributed by atoms with E-state index in [1.807, 2.05) is 28.3 Å². The summed E-state index contributed by atoms with van der Waals surface area (Å²) < 4.78 is 5.38. The molecule has 0 unspecified atom stereocenters. The molecule has 2 N–H and O–H groups in total. The quantitative estimate of drug-likeness (QED) is 0.521. The molecule has 31 heavy (non-hydrogen) atoms. The third kappa shape index (κ3) is 2.93. The number of imidazole rings is 1. The van der Waals surface area contributed by atoms with Crippen molar-refractivity contribution in [3.8, 4) is 0 Å². The lowest BCUT2D eigenvalue weighted by Crippen LogP contribution is -2.31. The van der Waals surface area contributed by atoms with Gasteiger partial charge in [0.1, 0.15) is 11.8 Å². The summed E-state index contributed by atoms with van der Waals surface area (Å²) in [6, 6.07) is 2.01. The monoisotopic (exact) mass is 420 g/mol. The lowest BCUT2D eigenvalue weighted by molar-refractivity contribution is 0.110. The van der Waals surface area contributed by atoms with E-state index in [0.717, 1.165) is 53.8 Å². The van der Waals surface area contributed by atoms with Gasteiger partial charge in [0.15, 0.2) is 11.3 Å². The van der Waals surface area contributed by atoms with Gasteiger partial charge in [-0.15, -0.1) is 0 Å². The first-order valence-electron chi connectivity index (χ1n) is 10.8. The van der Waals surface area contributed by atoms with E-state index < -0.39 is 0 Å². The highest BCUT2D eigenvalue weighted by molar-refractivity contribution is 5.77. The molecule has 1 aliphatic carbocycles. The second kappa shape index (κ2) is 6.88. The Morgan fingerprint density at radius 2 is 2.03 bits per heavy atom. The number of aliphatic hydroxyl groups is 1. The number of hydrogen-bond donors (Lipinski definition) is 2. The summed E-state index contributed by atoms with van der Waals surface area (Å²) in [6.07, 6.45) is 7.82. The minimum absolute atomic E-state index is 0.0102. The summed E-state index contributed by atoms with van der Waals surface area (Å²) >= 11 is 0. The van der Waals surface area contributed by atoms with Gasteiger partial charge >= 0.3 is 5.69 Å². The molecule has 1 aliphatic heterocycles. The molecule has 0 saturated heterocycles. The van der Waals surface area contributed by atoms with E-state index in [-0.39, 0.29) is 17.8 Å². The number of anilines is 2. The van der Waals surface area contributed by atoms with Crippen LogP contribution in [-0.2, 0) is 13.0 Å². The molecule has 160 valence electrons. The van der Waals surface area contributed by atoms with E-state index in [0.29, 0.717) is 31.0 Å². The predicted molar refractivity (Wildman–Crippen MR) is 115 cm³/mol. The highest BCUT2D eigenvalue weighted by Crippen LogP contribution is 2.32. The number of rotatable bonds is 3. The summed E-state index contributed by atoms with van der Waals surface area (Å²) in [5, 5.41) is 17.5. The summed E-state index contributed by atoms with van der Waals surface area (Å²) in [5.74, 6) is 0.480. The highest BCUT2D eigenvalue weighted by atomic mass is 16.3. The smallest absolute Gasteiger partial charge is 0.330 e. The molecule has 2 aliphatic rings. The molecule has 4 aromatic rings. The molecule has 0 spiro atoms. The van der Waals surface area contributed by atoms with Crippen LogP contribution in [0.4, 0.5) is 11.6 Å². The Balaban J connectivity index is 1.48. The molecular weight excluding hydrogens is 396 g/mol. The van der Waals surface area contributed by atoms with Gasteiger partial charge in [-0.3, -0.25) is 9.13 Å². The van der Waals surface area contributed by atoms with Crippen molar-refractivity contribution in [3.05, 3.63) is 40.3 Å². The minimum Gasteiger partial charge on any atom is -0.393 e. The van der Waals surface area contributed by atoms with Crippen molar-refractivity contribution in [2.45, 2.75) is 64.1 Å². The Kier molecular flexibility index (Phi) is 4.10. The van der Waals surface area contributed by atoms with Gasteiger partial charge in [-0.2, -0.15) is 10.1 Å². The van der Waals surface area contributed by atoms with Crippen molar-refractivity contribution < 1.29 is 5.11 Å². The SMILES string of the molecule is Cc1cc2ncnn2cc1Nc1nc2c3c(n1)n(C1CCC(O)CC1)c(=O)n3CCC2. The zero-order chi connectivity index (χ0) is 21.1. The first-order chi connectivity index (χ1) is 15.1. The van der Waals surface area contributed by atoms with Crippen LogP contribution in [0.15, 0.2) is 23.4 Å². The maximum Gasteiger partial charge on any atom is 0.330 e. The van der Waals surface area contributed by atoms with E-state index >= 15 is 0 Å². The van der Waals surface area contributed by atoms with Crippen LogP contribution in [0.1, 0.15) is 49.4 Å². The summed E-state index contributed by atoms with van der Waals surface area (Å²) in [7, 11) is 0.